The third-order valence-corrected chi connectivity index (χ3v) is 4.79. The van der Waals surface area contributed by atoms with E-state index in [-0.39, 0.29) is 18.6 Å². The SMILES string of the molecule is COCC(=O)N(Cc1cccc(Cl)c1)C[C@@H]1CC(c2ccccc2Cl)=NO1. The van der Waals surface area contributed by atoms with Crippen LogP contribution in [0.15, 0.2) is 53.7 Å². The number of carbonyl (C=O) groups excluding carboxylic acids is 1. The van der Waals surface area contributed by atoms with Gasteiger partial charge in [-0.3, -0.25) is 4.79 Å². The van der Waals surface area contributed by atoms with Crippen molar-refractivity contribution < 1.29 is 14.4 Å². The Hall–Kier alpha value is -2.08. The molecule has 2 aromatic carbocycles. The molecule has 2 aromatic rings. The van der Waals surface area contributed by atoms with E-state index >= 15 is 0 Å². The summed E-state index contributed by atoms with van der Waals surface area (Å²) >= 11 is 12.3. The predicted octanol–water partition coefficient (Wildman–Crippen LogP) is 4.16. The molecule has 0 saturated heterocycles. The minimum absolute atomic E-state index is 0.00547. The number of halogens is 2. The summed E-state index contributed by atoms with van der Waals surface area (Å²) in [6, 6.07) is 14.9. The highest BCUT2D eigenvalue weighted by Gasteiger charge is 2.27. The molecule has 0 aliphatic carbocycles. The summed E-state index contributed by atoms with van der Waals surface area (Å²) in [5.74, 6) is -0.118. The van der Waals surface area contributed by atoms with Crippen molar-refractivity contribution in [2.45, 2.75) is 19.1 Å². The van der Waals surface area contributed by atoms with Gasteiger partial charge >= 0.3 is 0 Å². The number of amides is 1. The Morgan fingerprint density at radius 1 is 1.26 bits per heavy atom. The zero-order valence-electron chi connectivity index (χ0n) is 14.9. The van der Waals surface area contributed by atoms with Gasteiger partial charge in [0.2, 0.25) is 5.91 Å². The van der Waals surface area contributed by atoms with E-state index in [4.69, 9.17) is 32.8 Å². The van der Waals surface area contributed by atoms with Crippen molar-refractivity contribution in [3.63, 3.8) is 0 Å². The lowest BCUT2D eigenvalue weighted by Crippen LogP contribution is -2.39. The first-order valence-electron chi connectivity index (χ1n) is 8.55. The van der Waals surface area contributed by atoms with Crippen LogP contribution >= 0.6 is 23.2 Å². The topological polar surface area (TPSA) is 51.1 Å². The van der Waals surface area contributed by atoms with Crippen LogP contribution in [0.5, 0.6) is 0 Å². The van der Waals surface area contributed by atoms with Gasteiger partial charge in [-0.2, -0.15) is 0 Å². The molecule has 0 aromatic heterocycles. The Balaban J connectivity index is 1.68. The van der Waals surface area contributed by atoms with E-state index in [1.165, 1.54) is 7.11 Å². The van der Waals surface area contributed by atoms with Gasteiger partial charge < -0.3 is 14.5 Å². The van der Waals surface area contributed by atoms with Crippen molar-refractivity contribution in [1.29, 1.82) is 0 Å². The second kappa shape index (κ2) is 9.22. The first-order valence-corrected chi connectivity index (χ1v) is 9.31. The van der Waals surface area contributed by atoms with Crippen molar-refractivity contribution in [2.24, 2.45) is 5.16 Å². The molecular weight excluding hydrogens is 387 g/mol. The molecule has 3 rings (SSSR count). The average molecular weight is 407 g/mol. The van der Waals surface area contributed by atoms with Gasteiger partial charge in [0.1, 0.15) is 6.61 Å². The minimum Gasteiger partial charge on any atom is -0.390 e. The van der Waals surface area contributed by atoms with E-state index in [9.17, 15) is 4.79 Å². The number of methoxy groups -OCH3 is 1. The number of nitrogens with zero attached hydrogens (tertiary/aromatic N) is 2. The van der Waals surface area contributed by atoms with E-state index in [1.54, 1.807) is 11.0 Å². The first-order chi connectivity index (χ1) is 13.1. The quantitative estimate of drug-likeness (QED) is 0.693. The molecule has 27 heavy (non-hydrogen) atoms. The van der Waals surface area contributed by atoms with Crippen LogP contribution in [-0.4, -0.2) is 42.9 Å². The lowest BCUT2D eigenvalue weighted by Gasteiger charge is -2.25. The van der Waals surface area contributed by atoms with Crippen LogP contribution in [-0.2, 0) is 20.9 Å². The molecule has 1 aliphatic rings. The molecule has 1 atom stereocenters. The zero-order chi connectivity index (χ0) is 19.2. The lowest BCUT2D eigenvalue weighted by molar-refractivity contribution is -0.137. The molecule has 7 heteroatoms. The fourth-order valence-corrected chi connectivity index (χ4v) is 3.41. The van der Waals surface area contributed by atoms with Gasteiger partial charge in [0.05, 0.1) is 12.3 Å². The number of carbonyl (C=O) groups is 1. The second-order valence-corrected chi connectivity index (χ2v) is 7.13. The van der Waals surface area contributed by atoms with Crippen LogP contribution in [0, 0.1) is 0 Å². The molecule has 5 nitrogen and oxygen atoms in total. The zero-order valence-corrected chi connectivity index (χ0v) is 16.4. The smallest absolute Gasteiger partial charge is 0.248 e. The Labute approximate surface area is 168 Å². The summed E-state index contributed by atoms with van der Waals surface area (Å²) in [5, 5.41) is 5.43. The Morgan fingerprint density at radius 3 is 2.81 bits per heavy atom. The van der Waals surface area contributed by atoms with Crippen LogP contribution in [0.25, 0.3) is 0 Å². The van der Waals surface area contributed by atoms with Crippen molar-refractivity contribution in [1.82, 2.24) is 4.90 Å². The molecule has 0 saturated carbocycles. The van der Waals surface area contributed by atoms with E-state index in [0.29, 0.717) is 29.6 Å². The summed E-state index contributed by atoms with van der Waals surface area (Å²) in [4.78, 5) is 19.7. The Kier molecular flexibility index (Phi) is 6.72. The van der Waals surface area contributed by atoms with Gasteiger partial charge in [-0.25, -0.2) is 0 Å². The number of oxime groups is 1. The van der Waals surface area contributed by atoms with Crippen LogP contribution in [0.1, 0.15) is 17.5 Å². The summed E-state index contributed by atoms with van der Waals surface area (Å²) in [7, 11) is 1.50. The minimum atomic E-state index is -0.240. The molecule has 0 bridgehead atoms. The third kappa shape index (κ3) is 5.22. The molecule has 0 unspecified atom stereocenters. The number of rotatable bonds is 7. The van der Waals surface area contributed by atoms with Crippen LogP contribution in [0.2, 0.25) is 10.0 Å². The van der Waals surface area contributed by atoms with E-state index in [0.717, 1.165) is 16.8 Å². The molecule has 1 amide bonds. The third-order valence-electron chi connectivity index (χ3n) is 4.22. The van der Waals surface area contributed by atoms with Gasteiger partial charge in [-0.15, -0.1) is 0 Å². The molecule has 1 heterocycles. The number of hydrogen-bond donors (Lipinski definition) is 0. The standard InChI is InChI=1S/C20H20Cl2N2O3/c1-26-13-20(25)24(11-14-5-4-6-15(21)9-14)12-16-10-19(23-27-16)17-7-2-3-8-18(17)22/h2-9,16H,10-13H2,1H3/t16-/m0/s1. The highest BCUT2D eigenvalue weighted by atomic mass is 35.5. The van der Waals surface area contributed by atoms with E-state index in [1.807, 2.05) is 42.5 Å². The van der Waals surface area contributed by atoms with Crippen LogP contribution in [0.3, 0.4) is 0 Å². The summed E-state index contributed by atoms with van der Waals surface area (Å²) in [5.41, 5.74) is 2.58. The van der Waals surface area contributed by atoms with Gasteiger partial charge in [-0.1, -0.05) is 58.7 Å². The maximum atomic E-state index is 12.5. The van der Waals surface area contributed by atoms with Gasteiger partial charge in [-0.05, 0) is 23.8 Å². The lowest BCUT2D eigenvalue weighted by atomic mass is 10.0. The number of ether oxygens (including phenoxy) is 1. The maximum Gasteiger partial charge on any atom is 0.248 e. The Morgan fingerprint density at radius 2 is 2.07 bits per heavy atom. The molecule has 0 radical (unpaired) electrons. The summed E-state index contributed by atoms with van der Waals surface area (Å²) < 4.78 is 5.01. The average Bonchev–Trinajstić information content (AvgIpc) is 3.10. The predicted molar refractivity (Wildman–Crippen MR) is 106 cm³/mol. The summed E-state index contributed by atoms with van der Waals surface area (Å²) in [6.07, 6.45) is 0.340. The summed E-state index contributed by atoms with van der Waals surface area (Å²) in [6.45, 7) is 0.821. The monoisotopic (exact) mass is 406 g/mol. The van der Waals surface area contributed by atoms with Gasteiger partial charge in [0.15, 0.2) is 6.10 Å². The van der Waals surface area contributed by atoms with Crippen LogP contribution < -0.4 is 0 Å². The normalized spacial score (nSPS) is 16.0. The molecule has 0 N–H and O–H groups in total. The second-order valence-electron chi connectivity index (χ2n) is 6.29. The fraction of sp³-hybridized carbons (Fsp3) is 0.300. The van der Waals surface area contributed by atoms with Crippen molar-refractivity contribution in [2.75, 3.05) is 20.3 Å². The maximum absolute atomic E-state index is 12.5. The van der Waals surface area contributed by atoms with Crippen molar-refractivity contribution in [3.05, 3.63) is 69.7 Å². The fourth-order valence-electron chi connectivity index (χ4n) is 2.95. The van der Waals surface area contributed by atoms with Gasteiger partial charge in [0.25, 0.3) is 0 Å². The molecular formula is C20H20Cl2N2O3. The highest BCUT2D eigenvalue weighted by molar-refractivity contribution is 6.34. The van der Waals surface area contributed by atoms with Crippen LogP contribution in [0.4, 0.5) is 0 Å². The molecule has 0 fully saturated rings. The number of hydrogen-bond acceptors (Lipinski definition) is 4. The van der Waals surface area contributed by atoms with E-state index < -0.39 is 0 Å². The highest BCUT2D eigenvalue weighted by Crippen LogP contribution is 2.24. The number of benzene rings is 2. The Bertz CT molecular complexity index is 841. The molecule has 1 aliphatic heterocycles. The largest absolute Gasteiger partial charge is 0.390 e. The van der Waals surface area contributed by atoms with E-state index in [2.05, 4.69) is 5.16 Å². The van der Waals surface area contributed by atoms with Crippen molar-refractivity contribution in [3.8, 4) is 0 Å². The van der Waals surface area contributed by atoms with Crippen molar-refractivity contribution >= 4 is 34.8 Å². The molecule has 0 spiro atoms. The first kappa shape index (κ1) is 19.7. The molecule has 142 valence electrons. The van der Waals surface area contributed by atoms with Gasteiger partial charge in [0, 0.05) is 35.7 Å².